The molecular formula is C64H108O6. The predicted molar refractivity (Wildman–Crippen MR) is 302 cm³/mol. The summed E-state index contributed by atoms with van der Waals surface area (Å²) in [5, 5.41) is 0. The second-order valence-electron chi connectivity index (χ2n) is 19.2. The molecule has 0 N–H and O–H groups in total. The van der Waals surface area contributed by atoms with Gasteiger partial charge in [-0.05, 0) is 103 Å². The summed E-state index contributed by atoms with van der Waals surface area (Å²) >= 11 is 0. The molecule has 1 unspecified atom stereocenters. The number of unbranched alkanes of at least 4 members (excludes halogenated alkanes) is 25. The monoisotopic (exact) mass is 973 g/mol. The molecule has 0 radical (unpaired) electrons. The van der Waals surface area contributed by atoms with Gasteiger partial charge in [0, 0.05) is 19.3 Å². The highest BCUT2D eigenvalue weighted by Gasteiger charge is 2.19. The molecule has 0 aliphatic carbocycles. The van der Waals surface area contributed by atoms with Gasteiger partial charge in [-0.15, -0.1) is 0 Å². The molecule has 0 fully saturated rings. The number of carbonyl (C=O) groups is 3. The van der Waals surface area contributed by atoms with Crippen LogP contribution in [0, 0.1) is 0 Å². The van der Waals surface area contributed by atoms with E-state index in [9.17, 15) is 14.4 Å². The van der Waals surface area contributed by atoms with E-state index in [1.54, 1.807) is 0 Å². The Morgan fingerprint density at radius 3 is 0.886 bits per heavy atom. The van der Waals surface area contributed by atoms with E-state index in [0.717, 1.165) is 122 Å². The van der Waals surface area contributed by atoms with Crippen molar-refractivity contribution >= 4 is 17.9 Å². The molecule has 6 nitrogen and oxygen atoms in total. The summed E-state index contributed by atoms with van der Waals surface area (Å²) in [6.07, 6.45) is 76.9. The van der Waals surface area contributed by atoms with E-state index >= 15 is 0 Å². The minimum atomic E-state index is -0.784. The Labute approximate surface area is 432 Å². The van der Waals surface area contributed by atoms with Gasteiger partial charge in [-0.3, -0.25) is 14.4 Å². The molecule has 0 saturated carbocycles. The summed E-state index contributed by atoms with van der Waals surface area (Å²) in [6.45, 7) is 6.48. The predicted octanol–water partition coefficient (Wildman–Crippen LogP) is 19.7. The first kappa shape index (κ1) is 66.3. The van der Waals surface area contributed by atoms with E-state index in [1.165, 1.54) is 109 Å². The van der Waals surface area contributed by atoms with Gasteiger partial charge in [0.1, 0.15) is 13.2 Å². The molecule has 0 saturated heterocycles. The topological polar surface area (TPSA) is 78.9 Å². The van der Waals surface area contributed by atoms with E-state index in [0.29, 0.717) is 19.3 Å². The summed E-state index contributed by atoms with van der Waals surface area (Å²) in [5.41, 5.74) is 0. The molecule has 0 amide bonds. The zero-order valence-corrected chi connectivity index (χ0v) is 45.8. The summed E-state index contributed by atoms with van der Waals surface area (Å²) in [5.74, 6) is -0.903. The molecule has 0 rings (SSSR count). The Kier molecular flexibility index (Phi) is 54.9. The maximum absolute atomic E-state index is 12.8. The van der Waals surface area contributed by atoms with E-state index in [2.05, 4.69) is 118 Å². The van der Waals surface area contributed by atoms with Crippen LogP contribution >= 0.6 is 0 Å². The quantitative estimate of drug-likeness (QED) is 0.0262. The van der Waals surface area contributed by atoms with Gasteiger partial charge in [-0.1, -0.05) is 246 Å². The van der Waals surface area contributed by atoms with Crippen molar-refractivity contribution < 1.29 is 28.6 Å². The minimum Gasteiger partial charge on any atom is -0.462 e. The van der Waals surface area contributed by atoms with Crippen LogP contribution in [0.1, 0.15) is 271 Å². The van der Waals surface area contributed by atoms with E-state index in [1.807, 2.05) is 0 Å². The average molecular weight is 974 g/mol. The van der Waals surface area contributed by atoms with Crippen LogP contribution < -0.4 is 0 Å². The number of hydrogen-bond acceptors (Lipinski definition) is 6. The van der Waals surface area contributed by atoms with Gasteiger partial charge in [-0.2, -0.15) is 0 Å². The average Bonchev–Trinajstić information content (AvgIpc) is 3.36. The SMILES string of the molecule is CC/C=C\C/C=C\C/C=C\C/C=C\C/C=C\C/C=C\C/C=C\CCCCCCCCCC(=O)OCC(COC(=O)CCCCCCCCCCC)OC(=O)CCCCCCC/C=C\CCCCCCC. The van der Waals surface area contributed by atoms with Crippen molar-refractivity contribution in [3.05, 3.63) is 97.2 Å². The second kappa shape index (κ2) is 57.9. The lowest BCUT2D eigenvalue weighted by atomic mass is 10.1. The number of rotatable bonds is 52. The summed E-state index contributed by atoms with van der Waals surface area (Å²) in [6, 6.07) is 0. The Morgan fingerprint density at radius 1 is 0.300 bits per heavy atom. The van der Waals surface area contributed by atoms with E-state index < -0.39 is 6.10 Å². The lowest BCUT2D eigenvalue weighted by Gasteiger charge is -2.18. The fourth-order valence-electron chi connectivity index (χ4n) is 7.95. The standard InChI is InChI=1S/C64H108O6/c1-4-7-10-13-16-19-21-23-25-26-27-28-29-30-31-32-33-34-35-36-37-38-39-41-42-45-48-51-54-57-63(66)69-60-61(59-68-62(65)56-53-50-47-44-18-15-12-9-6-3)70-64(67)58-55-52-49-46-43-40-24-22-20-17-14-11-8-5-2/h7,10,16,19,22-25,27-28,30-31,33-34,36-37,61H,4-6,8-9,11-15,17-18,20-21,26,29,32,35,38-60H2,1-3H3/b10-7-,19-16-,24-22-,25-23-,28-27-,31-30-,34-33-,37-36-. The number of carbonyl (C=O) groups excluding carboxylic acids is 3. The van der Waals surface area contributed by atoms with Gasteiger partial charge in [0.25, 0.3) is 0 Å². The van der Waals surface area contributed by atoms with Gasteiger partial charge in [0.05, 0.1) is 0 Å². The fourth-order valence-corrected chi connectivity index (χ4v) is 7.95. The zero-order chi connectivity index (χ0) is 50.7. The third-order valence-corrected chi connectivity index (χ3v) is 12.3. The normalized spacial score (nSPS) is 12.8. The molecule has 0 aromatic heterocycles. The molecule has 0 aliphatic heterocycles. The molecule has 0 aliphatic rings. The van der Waals surface area contributed by atoms with E-state index in [-0.39, 0.29) is 31.1 Å². The van der Waals surface area contributed by atoms with Gasteiger partial charge >= 0.3 is 17.9 Å². The molecular weight excluding hydrogens is 865 g/mol. The maximum Gasteiger partial charge on any atom is 0.306 e. The molecule has 70 heavy (non-hydrogen) atoms. The van der Waals surface area contributed by atoms with Crippen molar-refractivity contribution in [3.63, 3.8) is 0 Å². The Balaban J connectivity index is 4.24. The molecule has 1 atom stereocenters. The Hall–Kier alpha value is -3.67. The first-order valence-electron chi connectivity index (χ1n) is 29.2. The van der Waals surface area contributed by atoms with Gasteiger partial charge in [0.15, 0.2) is 6.10 Å². The second-order valence-corrected chi connectivity index (χ2v) is 19.2. The zero-order valence-electron chi connectivity index (χ0n) is 45.8. The highest BCUT2D eigenvalue weighted by molar-refractivity contribution is 5.71. The van der Waals surface area contributed by atoms with Crippen molar-refractivity contribution in [2.45, 2.75) is 277 Å². The third kappa shape index (κ3) is 55.3. The summed E-state index contributed by atoms with van der Waals surface area (Å²) in [4.78, 5) is 38.0. The summed E-state index contributed by atoms with van der Waals surface area (Å²) < 4.78 is 16.8. The van der Waals surface area contributed by atoms with Crippen molar-refractivity contribution in [2.75, 3.05) is 13.2 Å². The first-order valence-corrected chi connectivity index (χ1v) is 29.2. The number of hydrogen-bond donors (Lipinski definition) is 0. The van der Waals surface area contributed by atoms with Crippen LogP contribution in [0.2, 0.25) is 0 Å². The van der Waals surface area contributed by atoms with Crippen molar-refractivity contribution in [1.29, 1.82) is 0 Å². The van der Waals surface area contributed by atoms with Gasteiger partial charge in [-0.25, -0.2) is 0 Å². The van der Waals surface area contributed by atoms with Crippen LogP contribution in [0.4, 0.5) is 0 Å². The van der Waals surface area contributed by atoms with Crippen LogP contribution in [0.5, 0.6) is 0 Å². The number of esters is 3. The number of allylic oxidation sites excluding steroid dienone is 16. The van der Waals surface area contributed by atoms with Gasteiger partial charge in [0.2, 0.25) is 0 Å². The Morgan fingerprint density at radius 2 is 0.557 bits per heavy atom. The van der Waals surface area contributed by atoms with E-state index in [4.69, 9.17) is 14.2 Å². The molecule has 0 bridgehead atoms. The van der Waals surface area contributed by atoms with Crippen LogP contribution in [0.15, 0.2) is 97.2 Å². The van der Waals surface area contributed by atoms with Gasteiger partial charge < -0.3 is 14.2 Å². The van der Waals surface area contributed by atoms with Crippen LogP contribution in [-0.4, -0.2) is 37.2 Å². The minimum absolute atomic E-state index is 0.0825. The molecule has 0 aromatic rings. The smallest absolute Gasteiger partial charge is 0.306 e. The van der Waals surface area contributed by atoms with Crippen LogP contribution in [0.3, 0.4) is 0 Å². The molecule has 400 valence electrons. The van der Waals surface area contributed by atoms with Crippen molar-refractivity contribution in [3.8, 4) is 0 Å². The first-order chi connectivity index (χ1) is 34.5. The third-order valence-electron chi connectivity index (χ3n) is 12.3. The highest BCUT2D eigenvalue weighted by atomic mass is 16.6. The number of ether oxygens (including phenoxy) is 3. The lowest BCUT2D eigenvalue weighted by molar-refractivity contribution is -0.167. The highest BCUT2D eigenvalue weighted by Crippen LogP contribution is 2.15. The fraction of sp³-hybridized carbons (Fsp3) is 0.703. The Bertz CT molecular complexity index is 1400. The summed E-state index contributed by atoms with van der Waals surface area (Å²) in [7, 11) is 0. The maximum atomic E-state index is 12.8. The molecule has 0 heterocycles. The molecule has 0 aromatic carbocycles. The van der Waals surface area contributed by atoms with Crippen LogP contribution in [-0.2, 0) is 28.6 Å². The lowest BCUT2D eigenvalue weighted by Crippen LogP contribution is -2.30. The van der Waals surface area contributed by atoms with Crippen molar-refractivity contribution in [1.82, 2.24) is 0 Å². The molecule has 6 heteroatoms. The largest absolute Gasteiger partial charge is 0.462 e. The van der Waals surface area contributed by atoms with Crippen molar-refractivity contribution in [2.24, 2.45) is 0 Å². The molecule has 0 spiro atoms. The van der Waals surface area contributed by atoms with Crippen LogP contribution in [0.25, 0.3) is 0 Å².